The number of benzene rings is 1. The molecule has 136 valence electrons. The van der Waals surface area contributed by atoms with Gasteiger partial charge in [0.2, 0.25) is 17.7 Å². The SMILES string of the molecule is COCCN1CC(=O)N(C)CC(=O)N(Cc2ccccc2)[C@H](C)C1=O. The summed E-state index contributed by atoms with van der Waals surface area (Å²) in [6, 6.07) is 8.86. The quantitative estimate of drug-likeness (QED) is 0.771. The highest BCUT2D eigenvalue weighted by Gasteiger charge is 2.33. The van der Waals surface area contributed by atoms with Gasteiger partial charge < -0.3 is 19.4 Å². The van der Waals surface area contributed by atoms with Gasteiger partial charge in [-0.2, -0.15) is 0 Å². The fraction of sp³-hybridized carbons (Fsp3) is 0.500. The number of rotatable bonds is 5. The summed E-state index contributed by atoms with van der Waals surface area (Å²) in [5.74, 6) is -0.745. The van der Waals surface area contributed by atoms with E-state index in [1.54, 1.807) is 21.1 Å². The minimum Gasteiger partial charge on any atom is -0.383 e. The van der Waals surface area contributed by atoms with Gasteiger partial charge in [0, 0.05) is 27.2 Å². The standard InChI is InChI=1S/C18H25N3O4/c1-14-18(24)20(9-10-25-3)13-16(22)19(2)12-17(23)21(14)11-15-7-5-4-6-8-15/h4-8,14H,9-13H2,1-3H3/t14-/m1/s1. The summed E-state index contributed by atoms with van der Waals surface area (Å²) in [6.45, 7) is 2.59. The third-order valence-corrected chi connectivity index (χ3v) is 4.34. The first-order valence-corrected chi connectivity index (χ1v) is 8.29. The van der Waals surface area contributed by atoms with Gasteiger partial charge in [-0.3, -0.25) is 14.4 Å². The highest BCUT2D eigenvalue weighted by Crippen LogP contribution is 2.14. The minimum atomic E-state index is -0.649. The zero-order chi connectivity index (χ0) is 18.4. The Morgan fingerprint density at radius 1 is 1.08 bits per heavy atom. The zero-order valence-electron chi connectivity index (χ0n) is 15.0. The van der Waals surface area contributed by atoms with Crippen molar-refractivity contribution in [2.45, 2.75) is 19.5 Å². The molecule has 0 saturated carbocycles. The highest BCUT2D eigenvalue weighted by molar-refractivity contribution is 5.94. The van der Waals surface area contributed by atoms with Crippen LogP contribution >= 0.6 is 0 Å². The van der Waals surface area contributed by atoms with Crippen molar-refractivity contribution in [3.05, 3.63) is 35.9 Å². The van der Waals surface area contributed by atoms with Gasteiger partial charge >= 0.3 is 0 Å². The summed E-state index contributed by atoms with van der Waals surface area (Å²) in [5.41, 5.74) is 0.937. The first kappa shape index (κ1) is 18.9. The molecule has 1 aliphatic rings. The largest absolute Gasteiger partial charge is 0.383 e. The summed E-state index contributed by atoms with van der Waals surface area (Å²) >= 11 is 0. The van der Waals surface area contributed by atoms with Gasteiger partial charge in [-0.05, 0) is 12.5 Å². The molecule has 0 bridgehead atoms. The molecule has 25 heavy (non-hydrogen) atoms. The lowest BCUT2D eigenvalue weighted by Crippen LogP contribution is -2.50. The van der Waals surface area contributed by atoms with Crippen molar-refractivity contribution in [3.63, 3.8) is 0 Å². The molecule has 0 radical (unpaired) electrons. The average Bonchev–Trinajstić information content (AvgIpc) is 2.63. The lowest BCUT2D eigenvalue weighted by Gasteiger charge is -2.31. The number of nitrogens with zero attached hydrogens (tertiary/aromatic N) is 3. The van der Waals surface area contributed by atoms with E-state index in [-0.39, 0.29) is 30.8 Å². The summed E-state index contributed by atoms with van der Waals surface area (Å²) in [5, 5.41) is 0. The molecule has 1 heterocycles. The molecule has 0 aromatic heterocycles. The Balaban J connectivity index is 2.28. The Bertz CT molecular complexity index is 620. The van der Waals surface area contributed by atoms with Crippen LogP contribution in [0.5, 0.6) is 0 Å². The fourth-order valence-electron chi connectivity index (χ4n) is 2.75. The van der Waals surface area contributed by atoms with E-state index in [9.17, 15) is 14.4 Å². The van der Waals surface area contributed by atoms with E-state index in [0.29, 0.717) is 19.7 Å². The van der Waals surface area contributed by atoms with Crippen LogP contribution < -0.4 is 0 Å². The lowest BCUT2D eigenvalue weighted by molar-refractivity contribution is -0.145. The van der Waals surface area contributed by atoms with Gasteiger partial charge in [-0.25, -0.2) is 0 Å². The molecule has 1 atom stereocenters. The molecule has 7 heteroatoms. The van der Waals surface area contributed by atoms with Crippen LogP contribution in [-0.4, -0.2) is 78.9 Å². The third-order valence-electron chi connectivity index (χ3n) is 4.34. The molecule has 2 rings (SSSR count). The molecule has 7 nitrogen and oxygen atoms in total. The topological polar surface area (TPSA) is 70.2 Å². The van der Waals surface area contributed by atoms with Gasteiger partial charge in [0.05, 0.1) is 19.7 Å². The molecular weight excluding hydrogens is 322 g/mol. The maximum absolute atomic E-state index is 12.9. The van der Waals surface area contributed by atoms with Crippen molar-refractivity contribution < 1.29 is 19.1 Å². The van der Waals surface area contributed by atoms with Crippen LogP contribution in [0.3, 0.4) is 0 Å². The first-order valence-electron chi connectivity index (χ1n) is 8.29. The molecule has 0 N–H and O–H groups in total. The molecule has 3 amide bonds. The maximum Gasteiger partial charge on any atom is 0.245 e. The van der Waals surface area contributed by atoms with Crippen LogP contribution in [0.1, 0.15) is 12.5 Å². The molecule has 1 aliphatic heterocycles. The Morgan fingerprint density at radius 3 is 2.40 bits per heavy atom. The van der Waals surface area contributed by atoms with E-state index in [1.165, 1.54) is 14.7 Å². The Morgan fingerprint density at radius 2 is 1.76 bits per heavy atom. The molecule has 0 aliphatic carbocycles. The summed E-state index contributed by atoms with van der Waals surface area (Å²) in [6.07, 6.45) is 0. The number of carbonyl (C=O) groups excluding carboxylic acids is 3. The normalized spacial score (nSPS) is 19.7. The zero-order valence-corrected chi connectivity index (χ0v) is 15.0. The number of methoxy groups -OCH3 is 1. The average molecular weight is 347 g/mol. The smallest absolute Gasteiger partial charge is 0.245 e. The van der Waals surface area contributed by atoms with Crippen LogP contribution in [0.15, 0.2) is 30.3 Å². The second-order valence-corrected chi connectivity index (χ2v) is 6.19. The predicted molar refractivity (Wildman–Crippen MR) is 92.5 cm³/mol. The van der Waals surface area contributed by atoms with Crippen molar-refractivity contribution in [1.29, 1.82) is 0 Å². The van der Waals surface area contributed by atoms with E-state index in [0.717, 1.165) is 5.56 Å². The van der Waals surface area contributed by atoms with Crippen molar-refractivity contribution >= 4 is 17.7 Å². The molecule has 1 aromatic rings. The van der Waals surface area contributed by atoms with Crippen molar-refractivity contribution in [1.82, 2.24) is 14.7 Å². The number of hydrogen-bond donors (Lipinski definition) is 0. The molecule has 0 spiro atoms. The molecular formula is C18H25N3O4. The summed E-state index contributed by atoms with van der Waals surface area (Å²) < 4.78 is 5.04. The second kappa shape index (κ2) is 8.62. The van der Waals surface area contributed by atoms with Gasteiger partial charge in [-0.1, -0.05) is 30.3 Å². The van der Waals surface area contributed by atoms with E-state index in [4.69, 9.17) is 4.74 Å². The van der Waals surface area contributed by atoms with Crippen LogP contribution in [-0.2, 0) is 25.7 Å². The van der Waals surface area contributed by atoms with E-state index in [1.807, 2.05) is 30.3 Å². The molecule has 1 fully saturated rings. The molecule has 1 aromatic carbocycles. The number of hydrogen-bond acceptors (Lipinski definition) is 4. The lowest BCUT2D eigenvalue weighted by atomic mass is 10.1. The van der Waals surface area contributed by atoms with Crippen LogP contribution in [0, 0.1) is 0 Å². The second-order valence-electron chi connectivity index (χ2n) is 6.19. The number of amides is 3. The van der Waals surface area contributed by atoms with Crippen LogP contribution in [0.4, 0.5) is 0 Å². The van der Waals surface area contributed by atoms with Crippen LogP contribution in [0.25, 0.3) is 0 Å². The predicted octanol–water partition coefficient (Wildman–Crippen LogP) is 0.351. The summed E-state index contributed by atoms with van der Waals surface area (Å²) in [4.78, 5) is 42.2. The van der Waals surface area contributed by atoms with E-state index >= 15 is 0 Å². The number of carbonyl (C=O) groups is 3. The Kier molecular flexibility index (Phi) is 6.52. The van der Waals surface area contributed by atoms with E-state index < -0.39 is 6.04 Å². The highest BCUT2D eigenvalue weighted by atomic mass is 16.5. The van der Waals surface area contributed by atoms with Gasteiger partial charge in [0.15, 0.2) is 0 Å². The van der Waals surface area contributed by atoms with E-state index in [2.05, 4.69) is 0 Å². The summed E-state index contributed by atoms with van der Waals surface area (Å²) in [7, 11) is 3.12. The Labute approximate surface area is 148 Å². The first-order chi connectivity index (χ1) is 11.9. The van der Waals surface area contributed by atoms with Gasteiger partial charge in [0.1, 0.15) is 6.04 Å². The molecule has 1 saturated heterocycles. The Hall–Kier alpha value is -2.41. The van der Waals surface area contributed by atoms with Crippen LogP contribution in [0.2, 0.25) is 0 Å². The maximum atomic E-state index is 12.9. The van der Waals surface area contributed by atoms with Crippen molar-refractivity contribution in [3.8, 4) is 0 Å². The van der Waals surface area contributed by atoms with Crippen molar-refractivity contribution in [2.24, 2.45) is 0 Å². The van der Waals surface area contributed by atoms with Crippen molar-refractivity contribution in [2.75, 3.05) is 40.4 Å². The third kappa shape index (κ3) is 4.79. The fourth-order valence-corrected chi connectivity index (χ4v) is 2.75. The van der Waals surface area contributed by atoms with Gasteiger partial charge in [-0.15, -0.1) is 0 Å². The number of likely N-dealkylation sites (N-methyl/N-ethyl adjacent to an activating group) is 1. The molecule has 0 unspecified atom stereocenters. The van der Waals surface area contributed by atoms with Gasteiger partial charge in [0.25, 0.3) is 0 Å². The number of ether oxygens (including phenoxy) is 1. The monoisotopic (exact) mass is 347 g/mol. The minimum absolute atomic E-state index is 0.0403.